The van der Waals surface area contributed by atoms with Crippen LogP contribution in [0.3, 0.4) is 0 Å². The molecule has 1 saturated heterocycles. The van der Waals surface area contributed by atoms with E-state index in [9.17, 15) is 19.2 Å². The van der Waals surface area contributed by atoms with Gasteiger partial charge in [-0.3, -0.25) is 19.3 Å². The number of imide groups is 1. The minimum Gasteiger partial charge on any atom is -0.454 e. The third-order valence-corrected chi connectivity index (χ3v) is 6.75. The molecule has 8 heteroatoms. The number of anilines is 1. The van der Waals surface area contributed by atoms with Crippen molar-refractivity contribution in [1.82, 2.24) is 10.2 Å². The number of amides is 4. The summed E-state index contributed by atoms with van der Waals surface area (Å²) < 4.78 is 5.00. The van der Waals surface area contributed by atoms with Gasteiger partial charge >= 0.3 is 12.0 Å². The zero-order valence-corrected chi connectivity index (χ0v) is 19.5. The van der Waals surface area contributed by atoms with E-state index in [1.54, 1.807) is 6.07 Å². The Labute approximate surface area is 189 Å². The number of carbonyl (C=O) groups excluding carboxylic acids is 4. The number of nitrogens with zero attached hydrogens (tertiary/aromatic N) is 1. The van der Waals surface area contributed by atoms with Crippen molar-refractivity contribution in [2.24, 2.45) is 11.3 Å². The van der Waals surface area contributed by atoms with Crippen LogP contribution in [-0.4, -0.2) is 47.4 Å². The first-order chi connectivity index (χ1) is 14.9. The molecule has 4 amide bonds. The van der Waals surface area contributed by atoms with Crippen LogP contribution in [-0.2, 0) is 19.1 Å². The van der Waals surface area contributed by atoms with Crippen LogP contribution in [0.1, 0.15) is 57.6 Å². The largest absolute Gasteiger partial charge is 0.454 e. The van der Waals surface area contributed by atoms with Gasteiger partial charge in [0.15, 0.2) is 6.61 Å². The molecule has 8 nitrogen and oxygen atoms in total. The van der Waals surface area contributed by atoms with Gasteiger partial charge in [-0.15, -0.1) is 0 Å². The van der Waals surface area contributed by atoms with Crippen molar-refractivity contribution < 1.29 is 23.9 Å². The average Bonchev–Trinajstić information content (AvgIpc) is 2.93. The van der Waals surface area contributed by atoms with Gasteiger partial charge < -0.3 is 15.4 Å². The SMILES string of the molecule is Cc1ccc(NC(=O)COC(=O)CN2C(=O)NC3(CCC(C(C)(C)C)CC3)C2=O)cc1C. The zero-order chi connectivity index (χ0) is 23.7. The number of benzene rings is 1. The average molecular weight is 444 g/mol. The first kappa shape index (κ1) is 23.8. The lowest BCUT2D eigenvalue weighted by Gasteiger charge is -2.40. The second-order valence-electron chi connectivity index (χ2n) is 10.1. The molecule has 32 heavy (non-hydrogen) atoms. The molecule has 2 aliphatic rings. The molecule has 1 heterocycles. The van der Waals surface area contributed by atoms with Crippen LogP contribution in [0.15, 0.2) is 18.2 Å². The summed E-state index contributed by atoms with van der Waals surface area (Å²) in [4.78, 5) is 50.6. The fourth-order valence-electron chi connectivity index (χ4n) is 4.47. The number of esters is 1. The van der Waals surface area contributed by atoms with Crippen molar-refractivity contribution in [3.8, 4) is 0 Å². The van der Waals surface area contributed by atoms with Gasteiger partial charge in [0, 0.05) is 5.69 Å². The molecular weight excluding hydrogens is 410 g/mol. The Morgan fingerprint density at radius 3 is 2.41 bits per heavy atom. The van der Waals surface area contributed by atoms with E-state index >= 15 is 0 Å². The van der Waals surface area contributed by atoms with E-state index in [2.05, 4.69) is 31.4 Å². The van der Waals surface area contributed by atoms with E-state index < -0.39 is 36.6 Å². The van der Waals surface area contributed by atoms with Crippen LogP contribution >= 0.6 is 0 Å². The van der Waals surface area contributed by atoms with Crippen LogP contribution in [0, 0.1) is 25.2 Å². The highest BCUT2D eigenvalue weighted by Crippen LogP contribution is 2.43. The Bertz CT molecular complexity index is 926. The maximum absolute atomic E-state index is 13.0. The van der Waals surface area contributed by atoms with Crippen molar-refractivity contribution in [3.05, 3.63) is 29.3 Å². The highest BCUT2D eigenvalue weighted by molar-refractivity contribution is 6.08. The number of carbonyl (C=O) groups is 4. The van der Waals surface area contributed by atoms with Crippen LogP contribution in [0.2, 0.25) is 0 Å². The van der Waals surface area contributed by atoms with Crippen molar-refractivity contribution in [2.45, 2.75) is 65.8 Å². The van der Waals surface area contributed by atoms with E-state index in [1.807, 2.05) is 26.0 Å². The monoisotopic (exact) mass is 443 g/mol. The van der Waals surface area contributed by atoms with Gasteiger partial charge in [0.1, 0.15) is 12.1 Å². The summed E-state index contributed by atoms with van der Waals surface area (Å²) in [5.41, 5.74) is 1.96. The van der Waals surface area contributed by atoms with Crippen LogP contribution in [0.5, 0.6) is 0 Å². The van der Waals surface area contributed by atoms with Gasteiger partial charge in [0.2, 0.25) is 0 Å². The Hall–Kier alpha value is -2.90. The summed E-state index contributed by atoms with van der Waals surface area (Å²) in [5.74, 6) is -1.20. The lowest BCUT2D eigenvalue weighted by Crippen LogP contribution is -2.50. The molecule has 0 radical (unpaired) electrons. The van der Waals surface area contributed by atoms with Gasteiger partial charge in [-0.25, -0.2) is 4.79 Å². The predicted octanol–water partition coefficient (Wildman–Crippen LogP) is 3.31. The molecule has 0 atom stereocenters. The molecular formula is C24H33N3O5. The summed E-state index contributed by atoms with van der Waals surface area (Å²) >= 11 is 0. The Morgan fingerprint density at radius 1 is 1.16 bits per heavy atom. The Kier molecular flexibility index (Phi) is 6.62. The van der Waals surface area contributed by atoms with Gasteiger partial charge in [-0.2, -0.15) is 0 Å². The molecule has 1 aromatic rings. The normalized spacial score (nSPS) is 23.3. The van der Waals surface area contributed by atoms with Gasteiger partial charge in [-0.1, -0.05) is 26.8 Å². The molecule has 174 valence electrons. The molecule has 3 rings (SSSR count). The molecule has 0 bridgehead atoms. The summed E-state index contributed by atoms with van der Waals surface area (Å²) in [6.45, 7) is 9.46. The summed E-state index contributed by atoms with van der Waals surface area (Å²) in [6, 6.07) is 4.90. The van der Waals surface area contributed by atoms with Crippen molar-refractivity contribution in [2.75, 3.05) is 18.5 Å². The lowest BCUT2D eigenvalue weighted by atomic mass is 9.67. The second kappa shape index (κ2) is 8.92. The lowest BCUT2D eigenvalue weighted by molar-refractivity contribution is -0.150. The maximum atomic E-state index is 13.0. The van der Waals surface area contributed by atoms with Crippen molar-refractivity contribution in [3.63, 3.8) is 0 Å². The fourth-order valence-corrected chi connectivity index (χ4v) is 4.47. The number of hydrogen-bond acceptors (Lipinski definition) is 5. The Morgan fingerprint density at radius 2 is 1.81 bits per heavy atom. The number of nitrogens with one attached hydrogen (secondary N) is 2. The molecule has 1 aliphatic carbocycles. The molecule has 2 fully saturated rings. The maximum Gasteiger partial charge on any atom is 0.326 e. The molecule has 2 N–H and O–H groups in total. The molecule has 0 unspecified atom stereocenters. The number of urea groups is 1. The van der Waals surface area contributed by atoms with Gasteiger partial charge in [-0.05, 0) is 74.1 Å². The first-order valence-corrected chi connectivity index (χ1v) is 11.1. The van der Waals surface area contributed by atoms with Gasteiger partial charge in [0.25, 0.3) is 11.8 Å². The molecule has 1 aliphatic heterocycles. The third-order valence-electron chi connectivity index (χ3n) is 6.75. The van der Waals surface area contributed by atoms with Crippen LogP contribution in [0.25, 0.3) is 0 Å². The minimum absolute atomic E-state index is 0.147. The zero-order valence-electron chi connectivity index (χ0n) is 19.5. The number of hydrogen-bond donors (Lipinski definition) is 2. The van der Waals surface area contributed by atoms with Crippen molar-refractivity contribution >= 4 is 29.5 Å². The number of rotatable bonds is 5. The van der Waals surface area contributed by atoms with E-state index in [0.717, 1.165) is 28.9 Å². The molecule has 1 saturated carbocycles. The molecule has 1 aromatic carbocycles. The Balaban J connectivity index is 1.50. The highest BCUT2D eigenvalue weighted by Gasteiger charge is 2.53. The van der Waals surface area contributed by atoms with Crippen LogP contribution in [0.4, 0.5) is 10.5 Å². The molecule has 1 spiro atoms. The van der Waals surface area contributed by atoms with Crippen molar-refractivity contribution in [1.29, 1.82) is 0 Å². The third kappa shape index (κ3) is 5.11. The van der Waals surface area contributed by atoms with Gasteiger partial charge in [0.05, 0.1) is 0 Å². The standard InChI is InChI=1S/C24H33N3O5/c1-15-6-7-18(12-16(15)2)25-19(28)14-32-20(29)13-27-21(30)24(26-22(27)31)10-8-17(9-11-24)23(3,4)5/h6-7,12,17H,8-11,13-14H2,1-5H3,(H,25,28)(H,26,31). The van der Waals surface area contributed by atoms with Crippen LogP contribution < -0.4 is 10.6 Å². The predicted molar refractivity (Wildman–Crippen MR) is 120 cm³/mol. The van der Waals surface area contributed by atoms with E-state index in [4.69, 9.17) is 4.74 Å². The van der Waals surface area contributed by atoms with E-state index in [0.29, 0.717) is 24.4 Å². The minimum atomic E-state index is -0.931. The topological polar surface area (TPSA) is 105 Å². The fraction of sp³-hybridized carbons (Fsp3) is 0.583. The quantitative estimate of drug-likeness (QED) is 0.537. The summed E-state index contributed by atoms with van der Waals surface area (Å²) in [6.07, 6.45) is 2.80. The smallest absolute Gasteiger partial charge is 0.326 e. The number of ether oxygens (including phenoxy) is 1. The number of aryl methyl sites for hydroxylation is 2. The second-order valence-corrected chi connectivity index (χ2v) is 10.1. The highest BCUT2D eigenvalue weighted by atomic mass is 16.5. The first-order valence-electron chi connectivity index (χ1n) is 11.1. The summed E-state index contributed by atoms with van der Waals surface area (Å²) in [5, 5.41) is 5.47. The molecule has 0 aromatic heterocycles. The summed E-state index contributed by atoms with van der Waals surface area (Å²) in [7, 11) is 0. The van der Waals surface area contributed by atoms with E-state index in [-0.39, 0.29) is 11.3 Å². The van der Waals surface area contributed by atoms with E-state index in [1.165, 1.54) is 0 Å².